The number of aromatic nitrogens is 1. The first-order chi connectivity index (χ1) is 5.08. The summed E-state index contributed by atoms with van der Waals surface area (Å²) >= 11 is 0. The third-order valence-electron chi connectivity index (χ3n) is 1.43. The van der Waals surface area contributed by atoms with Gasteiger partial charge in [-0.2, -0.15) is 0 Å². The molecule has 0 radical (unpaired) electrons. The van der Waals surface area contributed by atoms with Crippen LogP contribution in [0.15, 0.2) is 30.6 Å². The minimum Gasteiger partial charge on any atom is -1.00 e. The fourth-order valence-electron chi connectivity index (χ4n) is 1.09. The summed E-state index contributed by atoms with van der Waals surface area (Å²) < 4.78 is 2.27. The number of pyridine rings is 1. The van der Waals surface area contributed by atoms with Crippen LogP contribution in [0, 0.1) is 0 Å². The molecular weight excluding hydrogens is 301 g/mol. The first kappa shape index (κ1) is 16.3. The first-order valence-electron chi connectivity index (χ1n) is 4.02. The molecule has 0 N–H and O–H groups in total. The van der Waals surface area contributed by atoms with E-state index in [4.69, 9.17) is 0 Å². The van der Waals surface area contributed by atoms with Crippen LogP contribution < -0.4 is 4.57 Å². The quantitative estimate of drug-likeness (QED) is 0.447. The maximum atomic E-state index is 2.38. The first-order valence-corrected chi connectivity index (χ1v) is 7.73. The molecule has 13 heavy (non-hydrogen) atoms. The Balaban J connectivity index is -0.000000151. The van der Waals surface area contributed by atoms with Gasteiger partial charge in [0.05, 0.1) is 0 Å². The van der Waals surface area contributed by atoms with E-state index in [1.165, 1.54) is 6.17 Å². The summed E-state index contributed by atoms with van der Waals surface area (Å²) in [5.41, 5.74) is 0. The van der Waals surface area contributed by atoms with E-state index in [0.717, 1.165) is 0 Å². The van der Waals surface area contributed by atoms with Crippen molar-refractivity contribution >= 4 is 55.1 Å². The molecule has 0 aromatic carbocycles. The van der Waals surface area contributed by atoms with Gasteiger partial charge in [0.1, 0.15) is 14.2 Å². The second-order valence-corrected chi connectivity index (χ2v) is 9.55. The predicted molar refractivity (Wildman–Crippen MR) is 73.4 cm³/mol. The molecule has 0 aliphatic heterocycles. The smallest absolute Gasteiger partial charge is 1.00 e. The van der Waals surface area contributed by atoms with Crippen molar-refractivity contribution in [3.63, 3.8) is 0 Å². The van der Waals surface area contributed by atoms with Crippen LogP contribution >= 0.6 is 24.0 Å². The Hall–Kier alpha value is 0.863. The number of nitrogens with zero attached hydrogens (tertiary/aromatic N) is 1. The zero-order chi connectivity index (χ0) is 8.32. The molecule has 4 heteroatoms. The van der Waals surface area contributed by atoms with Crippen molar-refractivity contribution in [2.75, 3.05) is 0 Å². The normalized spacial score (nSPS) is 9.77. The molecule has 0 aliphatic rings. The van der Waals surface area contributed by atoms with Gasteiger partial charge in [0, 0.05) is 12.1 Å². The van der Waals surface area contributed by atoms with Crippen LogP contribution in [0.5, 0.6) is 0 Å². The van der Waals surface area contributed by atoms with Crippen molar-refractivity contribution in [3.8, 4) is 0 Å². The van der Waals surface area contributed by atoms with Crippen molar-refractivity contribution in [1.82, 2.24) is 0 Å². The maximum absolute atomic E-state index is 2.38. The topological polar surface area (TPSA) is 3.88 Å². The molecule has 0 saturated heterocycles. The molecule has 1 nitrogen and oxygen atoms in total. The molecule has 0 amide bonds. The molecule has 1 heterocycles. The fraction of sp³-hybridized carbons (Fsp3) is 0.444. The molecule has 1 aromatic rings. The number of hydrogen-bond acceptors (Lipinski definition) is 0. The fourth-order valence-corrected chi connectivity index (χ4v) is 2.39. The van der Waals surface area contributed by atoms with Crippen molar-refractivity contribution in [3.05, 3.63) is 30.6 Å². The third kappa shape index (κ3) is 7.90. The molecule has 0 spiro atoms. The Morgan fingerprint density at radius 1 is 1.08 bits per heavy atom. The van der Waals surface area contributed by atoms with Crippen LogP contribution in [0.4, 0.5) is 0 Å². The van der Waals surface area contributed by atoms with Gasteiger partial charge in [-0.3, -0.25) is 0 Å². The summed E-state index contributed by atoms with van der Waals surface area (Å²) in [6.07, 6.45) is 5.49. The van der Waals surface area contributed by atoms with Crippen LogP contribution in [0.25, 0.3) is 0 Å². The van der Waals surface area contributed by atoms with Crippen molar-refractivity contribution in [1.29, 1.82) is 0 Å². The second-order valence-electron chi connectivity index (χ2n) is 4.11. The summed E-state index contributed by atoms with van der Waals surface area (Å²) in [6, 6.07) is 6.22. The zero-order valence-electron chi connectivity index (χ0n) is 10.7. The van der Waals surface area contributed by atoms with E-state index < -0.39 is 8.07 Å². The van der Waals surface area contributed by atoms with Gasteiger partial charge >= 0.3 is 23.1 Å². The Labute approximate surface area is 118 Å². The van der Waals surface area contributed by atoms with E-state index >= 15 is 0 Å². The molecule has 0 unspecified atom stereocenters. The van der Waals surface area contributed by atoms with Gasteiger partial charge < -0.3 is 2.85 Å². The standard InChI is InChI=1S/C9H16NSi.HI.Mg.2H/c1-11(2,3)9-10-7-5-4-6-8-10;;;;/h4-8H,9H2,1-3H3;1H;;;/q+1;;+2;2*-1. The molecular formula is C9H19IMgNSi+. The summed E-state index contributed by atoms with van der Waals surface area (Å²) in [6.45, 7) is 7.15. The Bertz CT molecular complexity index is 231. The van der Waals surface area contributed by atoms with Crippen molar-refractivity contribution < 1.29 is 7.42 Å². The zero-order valence-corrected chi connectivity index (χ0v) is 13.4. The van der Waals surface area contributed by atoms with E-state index in [2.05, 4.69) is 54.8 Å². The third-order valence-corrected chi connectivity index (χ3v) is 2.75. The van der Waals surface area contributed by atoms with Gasteiger partial charge in [0.2, 0.25) is 0 Å². The molecule has 0 saturated carbocycles. The van der Waals surface area contributed by atoms with Gasteiger partial charge in [-0.05, 0) is 0 Å². The summed E-state index contributed by atoms with van der Waals surface area (Å²) in [7, 11) is -0.935. The Morgan fingerprint density at radius 2 is 1.54 bits per heavy atom. The van der Waals surface area contributed by atoms with E-state index in [9.17, 15) is 0 Å². The molecule has 1 aromatic heterocycles. The Kier molecular flexibility index (Phi) is 9.02. The molecule has 0 aliphatic carbocycles. The van der Waals surface area contributed by atoms with Crippen LogP contribution in [0.3, 0.4) is 0 Å². The number of hydrogen-bond donors (Lipinski definition) is 0. The number of rotatable bonds is 2. The summed E-state index contributed by atoms with van der Waals surface area (Å²) in [5.74, 6) is 0. The van der Waals surface area contributed by atoms with E-state index in [0.29, 0.717) is 0 Å². The van der Waals surface area contributed by atoms with E-state index in [-0.39, 0.29) is 49.9 Å². The van der Waals surface area contributed by atoms with Gasteiger partial charge in [-0.25, -0.2) is 4.57 Å². The van der Waals surface area contributed by atoms with Crippen LogP contribution in [-0.4, -0.2) is 31.1 Å². The number of halogens is 1. The van der Waals surface area contributed by atoms with Gasteiger partial charge in [0.15, 0.2) is 12.4 Å². The predicted octanol–water partition coefficient (Wildman–Crippen LogP) is 2.31. The van der Waals surface area contributed by atoms with Gasteiger partial charge in [0.25, 0.3) is 0 Å². The maximum Gasteiger partial charge on any atom is 2.00 e. The summed E-state index contributed by atoms with van der Waals surface area (Å²) in [4.78, 5) is 0. The average molecular weight is 321 g/mol. The Morgan fingerprint density at radius 3 is 1.92 bits per heavy atom. The molecule has 0 bridgehead atoms. The molecule has 0 atom stereocenters. The van der Waals surface area contributed by atoms with Crippen LogP contribution in [-0.2, 0) is 6.17 Å². The van der Waals surface area contributed by atoms with Crippen molar-refractivity contribution in [2.24, 2.45) is 0 Å². The molecule has 1 rings (SSSR count). The summed E-state index contributed by atoms with van der Waals surface area (Å²) in [5, 5.41) is 0. The minimum absolute atomic E-state index is 0. The van der Waals surface area contributed by atoms with E-state index in [1.54, 1.807) is 0 Å². The molecule has 0 fully saturated rings. The van der Waals surface area contributed by atoms with Gasteiger partial charge in [-0.1, -0.05) is 25.7 Å². The second kappa shape index (κ2) is 7.19. The SMILES string of the molecule is C[Si](C)(C)C[n+]1ccccc1.I.[H-].[H-].[Mg+2]. The van der Waals surface area contributed by atoms with Crippen LogP contribution in [0.2, 0.25) is 19.6 Å². The van der Waals surface area contributed by atoms with E-state index in [1.807, 2.05) is 0 Å². The largest absolute Gasteiger partial charge is 2.00 e. The minimum atomic E-state index is -0.935. The molecule has 72 valence electrons. The van der Waals surface area contributed by atoms with Crippen molar-refractivity contribution in [2.45, 2.75) is 25.8 Å². The average Bonchev–Trinajstić information content (AvgIpc) is 1.85. The van der Waals surface area contributed by atoms with Crippen LogP contribution in [0.1, 0.15) is 2.85 Å². The monoisotopic (exact) mass is 320 g/mol. The van der Waals surface area contributed by atoms with Gasteiger partial charge in [-0.15, -0.1) is 24.0 Å².